The van der Waals surface area contributed by atoms with Crippen LogP contribution in [0, 0.1) is 0 Å². The Morgan fingerprint density at radius 2 is 2.38 bits per heavy atom. The van der Waals surface area contributed by atoms with E-state index in [-0.39, 0.29) is 5.89 Å². The smallest absolute Gasteiger partial charge is 0.405 e. The van der Waals surface area contributed by atoms with Gasteiger partial charge in [-0.15, -0.1) is 0 Å². The molecule has 2 aromatic rings. The van der Waals surface area contributed by atoms with Gasteiger partial charge in [-0.3, -0.25) is 4.98 Å². The van der Waals surface area contributed by atoms with Gasteiger partial charge in [0.05, 0.1) is 12.3 Å². The van der Waals surface area contributed by atoms with Crippen molar-refractivity contribution < 1.29 is 19.2 Å². The van der Waals surface area contributed by atoms with Crippen molar-refractivity contribution in [3.63, 3.8) is 0 Å². The first-order valence-corrected chi connectivity index (χ1v) is 6.46. The van der Waals surface area contributed by atoms with Crippen molar-refractivity contribution in [2.24, 2.45) is 0 Å². The molecule has 0 bridgehead atoms. The van der Waals surface area contributed by atoms with Gasteiger partial charge >= 0.3 is 6.09 Å². The largest absolute Gasteiger partial charge is 0.465 e. The average Bonchev–Trinajstić information content (AvgIpc) is 2.94. The van der Waals surface area contributed by atoms with E-state index >= 15 is 0 Å². The Labute approximate surface area is 121 Å². The lowest BCUT2D eigenvalue weighted by molar-refractivity contribution is 0.131. The number of ether oxygens (including phenoxy) is 1. The van der Waals surface area contributed by atoms with Gasteiger partial charge in [0, 0.05) is 18.4 Å². The van der Waals surface area contributed by atoms with Crippen LogP contribution < -0.4 is 5.32 Å². The first kappa shape index (κ1) is 14.9. The van der Waals surface area contributed by atoms with Gasteiger partial charge < -0.3 is 19.7 Å². The van der Waals surface area contributed by atoms with Gasteiger partial charge in [-0.2, -0.15) is 4.98 Å². The molecule has 0 radical (unpaired) electrons. The van der Waals surface area contributed by atoms with Crippen molar-refractivity contribution in [3.8, 4) is 11.4 Å². The fourth-order valence-electron chi connectivity index (χ4n) is 1.68. The zero-order chi connectivity index (χ0) is 15.2. The van der Waals surface area contributed by atoms with Crippen molar-refractivity contribution in [3.05, 3.63) is 29.9 Å². The highest BCUT2D eigenvalue weighted by Gasteiger charge is 2.17. The second-order valence-corrected chi connectivity index (χ2v) is 4.30. The minimum atomic E-state index is -1.15. The lowest BCUT2D eigenvalue weighted by Gasteiger charge is -2.04. The fourth-order valence-corrected chi connectivity index (χ4v) is 1.68. The summed E-state index contributed by atoms with van der Waals surface area (Å²) in [7, 11) is 0. The van der Waals surface area contributed by atoms with Crippen LogP contribution in [-0.2, 0) is 11.3 Å². The van der Waals surface area contributed by atoms with E-state index in [9.17, 15) is 4.79 Å². The first-order chi connectivity index (χ1) is 10.1. The molecule has 2 N–H and O–H groups in total. The van der Waals surface area contributed by atoms with E-state index in [1.54, 1.807) is 25.3 Å². The maximum Gasteiger partial charge on any atom is 0.405 e. The number of nitrogens with zero attached hydrogens (tertiary/aromatic N) is 3. The molecule has 8 heteroatoms. The van der Waals surface area contributed by atoms with Gasteiger partial charge in [-0.05, 0) is 26.0 Å². The van der Waals surface area contributed by atoms with Crippen LogP contribution in [-0.4, -0.2) is 32.9 Å². The second kappa shape index (κ2) is 6.80. The highest BCUT2D eigenvalue weighted by atomic mass is 16.5. The van der Waals surface area contributed by atoms with E-state index in [1.807, 2.05) is 6.92 Å². The molecule has 8 nitrogen and oxygen atoms in total. The number of carbonyl (C=O) groups is 1. The summed E-state index contributed by atoms with van der Waals surface area (Å²) < 4.78 is 10.4. The van der Waals surface area contributed by atoms with Gasteiger partial charge in [0.1, 0.15) is 6.04 Å². The molecule has 1 unspecified atom stereocenters. The highest BCUT2D eigenvalue weighted by molar-refractivity contribution is 5.65. The van der Waals surface area contributed by atoms with Crippen LogP contribution in [0.4, 0.5) is 4.79 Å². The van der Waals surface area contributed by atoms with E-state index in [2.05, 4.69) is 20.4 Å². The number of aromatic nitrogens is 3. The quantitative estimate of drug-likeness (QED) is 0.837. The minimum Gasteiger partial charge on any atom is -0.465 e. The SMILES string of the molecule is CCOCc1cc(-c2noc(C(C)NC(=O)O)n2)ccn1. The molecule has 0 saturated heterocycles. The van der Waals surface area contributed by atoms with Crippen LogP contribution in [0.3, 0.4) is 0 Å². The fraction of sp³-hybridized carbons (Fsp3) is 0.385. The molecule has 0 fully saturated rings. The van der Waals surface area contributed by atoms with Gasteiger partial charge in [0.2, 0.25) is 11.7 Å². The third-order valence-corrected chi connectivity index (χ3v) is 2.68. The third kappa shape index (κ3) is 3.99. The van der Waals surface area contributed by atoms with Crippen molar-refractivity contribution >= 4 is 6.09 Å². The minimum absolute atomic E-state index is 0.204. The normalized spacial score (nSPS) is 12.1. The maximum atomic E-state index is 10.6. The number of hydrogen-bond acceptors (Lipinski definition) is 6. The average molecular weight is 292 g/mol. The Balaban J connectivity index is 2.15. The predicted molar refractivity (Wildman–Crippen MR) is 72.4 cm³/mol. The molecule has 1 amide bonds. The van der Waals surface area contributed by atoms with E-state index in [0.29, 0.717) is 19.0 Å². The molecule has 0 aliphatic heterocycles. The van der Waals surface area contributed by atoms with Crippen LogP contribution in [0.5, 0.6) is 0 Å². The van der Waals surface area contributed by atoms with Crippen LogP contribution in [0.1, 0.15) is 31.5 Å². The molecule has 21 heavy (non-hydrogen) atoms. The number of rotatable bonds is 6. The topological polar surface area (TPSA) is 110 Å². The van der Waals surface area contributed by atoms with E-state index in [4.69, 9.17) is 14.4 Å². The molecular formula is C13H16N4O4. The number of nitrogens with one attached hydrogen (secondary N) is 1. The Kier molecular flexibility index (Phi) is 4.83. The summed E-state index contributed by atoms with van der Waals surface area (Å²) in [4.78, 5) is 18.9. The predicted octanol–water partition coefficient (Wildman–Crippen LogP) is 2.00. The van der Waals surface area contributed by atoms with Crippen LogP contribution in [0.25, 0.3) is 11.4 Å². The van der Waals surface area contributed by atoms with Gasteiger partial charge in [-0.25, -0.2) is 4.79 Å². The standard InChI is InChI=1S/C13H16N4O4/c1-3-20-7-10-6-9(4-5-14-10)11-16-12(21-17-11)8(2)15-13(18)19/h4-6,8,15H,3,7H2,1-2H3,(H,18,19). The summed E-state index contributed by atoms with van der Waals surface area (Å²) in [5, 5.41) is 14.8. The zero-order valence-electron chi connectivity index (χ0n) is 11.7. The molecule has 2 aromatic heterocycles. The molecule has 0 aromatic carbocycles. The monoisotopic (exact) mass is 292 g/mol. The van der Waals surface area contributed by atoms with Gasteiger partial charge in [-0.1, -0.05) is 5.16 Å². The second-order valence-electron chi connectivity index (χ2n) is 4.30. The van der Waals surface area contributed by atoms with Crippen LogP contribution >= 0.6 is 0 Å². The Morgan fingerprint density at radius 1 is 1.57 bits per heavy atom. The molecule has 0 spiro atoms. The number of pyridine rings is 1. The summed E-state index contributed by atoms with van der Waals surface area (Å²) in [5.41, 5.74) is 1.50. The Morgan fingerprint density at radius 3 is 3.10 bits per heavy atom. The number of hydrogen-bond donors (Lipinski definition) is 2. The Hall–Kier alpha value is -2.48. The molecule has 2 heterocycles. The third-order valence-electron chi connectivity index (χ3n) is 2.68. The summed E-state index contributed by atoms with van der Waals surface area (Å²) in [6.07, 6.45) is 0.490. The lowest BCUT2D eigenvalue weighted by atomic mass is 10.2. The molecule has 1 atom stereocenters. The summed E-state index contributed by atoms with van der Waals surface area (Å²) in [5.74, 6) is 0.583. The first-order valence-electron chi connectivity index (χ1n) is 6.46. The summed E-state index contributed by atoms with van der Waals surface area (Å²) in [6, 6.07) is 2.98. The lowest BCUT2D eigenvalue weighted by Crippen LogP contribution is -2.24. The zero-order valence-corrected chi connectivity index (χ0v) is 11.7. The van der Waals surface area contributed by atoms with Crippen molar-refractivity contribution in [1.82, 2.24) is 20.4 Å². The maximum absolute atomic E-state index is 10.6. The van der Waals surface area contributed by atoms with E-state index in [1.165, 1.54) is 0 Å². The van der Waals surface area contributed by atoms with E-state index in [0.717, 1.165) is 11.3 Å². The number of amides is 1. The van der Waals surface area contributed by atoms with Crippen molar-refractivity contribution in [2.45, 2.75) is 26.5 Å². The van der Waals surface area contributed by atoms with E-state index < -0.39 is 12.1 Å². The highest BCUT2D eigenvalue weighted by Crippen LogP contribution is 2.19. The molecule has 0 saturated carbocycles. The van der Waals surface area contributed by atoms with Crippen LogP contribution in [0.2, 0.25) is 0 Å². The summed E-state index contributed by atoms with van der Waals surface area (Å²) >= 11 is 0. The van der Waals surface area contributed by atoms with Crippen molar-refractivity contribution in [2.75, 3.05) is 6.61 Å². The Bertz CT molecular complexity index is 614. The summed E-state index contributed by atoms with van der Waals surface area (Å²) in [6.45, 7) is 4.55. The molecule has 112 valence electrons. The molecule has 2 rings (SSSR count). The van der Waals surface area contributed by atoms with Gasteiger partial charge in [0.15, 0.2) is 0 Å². The van der Waals surface area contributed by atoms with Gasteiger partial charge in [0.25, 0.3) is 0 Å². The van der Waals surface area contributed by atoms with Crippen LogP contribution in [0.15, 0.2) is 22.9 Å². The number of carboxylic acid groups (broad SMARTS) is 1. The molecular weight excluding hydrogens is 276 g/mol. The van der Waals surface area contributed by atoms with Crippen molar-refractivity contribution in [1.29, 1.82) is 0 Å². The molecule has 0 aliphatic carbocycles. The molecule has 0 aliphatic rings.